The fourth-order valence-corrected chi connectivity index (χ4v) is 1.52. The van der Waals surface area contributed by atoms with Gasteiger partial charge < -0.3 is 18.9 Å². The van der Waals surface area contributed by atoms with Gasteiger partial charge in [-0.3, -0.25) is 0 Å². The summed E-state index contributed by atoms with van der Waals surface area (Å²) < 4.78 is 21.1. The molecule has 2 radical (unpaired) electrons. The van der Waals surface area contributed by atoms with Gasteiger partial charge in [-0.05, 0) is 6.92 Å². The van der Waals surface area contributed by atoms with Crippen molar-refractivity contribution in [3.8, 4) is 0 Å². The van der Waals surface area contributed by atoms with Crippen LogP contribution < -0.4 is 0 Å². The minimum atomic E-state index is -0.403. The van der Waals surface area contributed by atoms with Gasteiger partial charge in [0.05, 0.1) is 19.3 Å². The second kappa shape index (κ2) is 5.71. The third-order valence-electron chi connectivity index (χ3n) is 2.24. The minimum absolute atomic E-state index is 0.00426. The van der Waals surface area contributed by atoms with Crippen LogP contribution in [0.2, 0.25) is 0 Å². The average molecular weight is 200 g/mol. The summed E-state index contributed by atoms with van der Waals surface area (Å²) in [5.74, 6) is 0. The number of hydrogen-bond donors (Lipinski definition) is 0. The van der Waals surface area contributed by atoms with Crippen molar-refractivity contribution >= 4 is 7.85 Å². The molecular weight excluding hydrogens is 183 g/mol. The Hall–Kier alpha value is -0.0951. The molecule has 0 aromatic heterocycles. The third-order valence-corrected chi connectivity index (χ3v) is 2.24. The zero-order chi connectivity index (χ0) is 10.6. The summed E-state index contributed by atoms with van der Waals surface area (Å²) in [6, 6.07) is -0.403. The van der Waals surface area contributed by atoms with E-state index in [1.165, 1.54) is 0 Å². The first kappa shape index (κ1) is 12.0. The van der Waals surface area contributed by atoms with Gasteiger partial charge in [0, 0.05) is 20.2 Å². The van der Waals surface area contributed by atoms with Crippen molar-refractivity contribution < 1.29 is 18.9 Å². The molecule has 14 heavy (non-hydrogen) atoms. The fraction of sp³-hybridized carbons (Fsp3) is 1.00. The molecule has 5 heteroatoms. The maximum Gasteiger partial charge on any atom is 0.112 e. The van der Waals surface area contributed by atoms with Gasteiger partial charge in [0.15, 0.2) is 0 Å². The van der Waals surface area contributed by atoms with Crippen LogP contribution in [-0.2, 0) is 18.9 Å². The highest BCUT2D eigenvalue weighted by atomic mass is 16.6. The first-order chi connectivity index (χ1) is 6.69. The van der Waals surface area contributed by atoms with E-state index in [-0.39, 0.29) is 18.3 Å². The van der Waals surface area contributed by atoms with Crippen LogP contribution in [0.3, 0.4) is 0 Å². The van der Waals surface area contributed by atoms with Gasteiger partial charge in [0.25, 0.3) is 0 Å². The zero-order valence-electron chi connectivity index (χ0n) is 8.93. The van der Waals surface area contributed by atoms with Gasteiger partial charge in [-0.25, -0.2) is 0 Å². The van der Waals surface area contributed by atoms with Crippen molar-refractivity contribution in [1.82, 2.24) is 0 Å². The maximum absolute atomic E-state index is 5.72. The Labute approximate surface area is 86.3 Å². The predicted molar refractivity (Wildman–Crippen MR) is 52.5 cm³/mol. The van der Waals surface area contributed by atoms with Crippen LogP contribution in [0.4, 0.5) is 0 Å². The molecule has 1 saturated heterocycles. The van der Waals surface area contributed by atoms with E-state index < -0.39 is 6.00 Å². The van der Waals surface area contributed by atoms with Crippen LogP contribution in [0, 0.1) is 0 Å². The van der Waals surface area contributed by atoms with E-state index in [1.54, 1.807) is 14.2 Å². The monoisotopic (exact) mass is 200 g/mol. The first-order valence-corrected chi connectivity index (χ1v) is 4.73. The molecule has 2 unspecified atom stereocenters. The molecule has 0 aromatic carbocycles. The normalized spacial score (nSPS) is 34.6. The lowest BCUT2D eigenvalue weighted by Crippen LogP contribution is -2.38. The molecule has 0 saturated carbocycles. The number of hydrogen-bond acceptors (Lipinski definition) is 4. The fourth-order valence-electron chi connectivity index (χ4n) is 1.52. The van der Waals surface area contributed by atoms with E-state index in [2.05, 4.69) is 0 Å². The maximum atomic E-state index is 5.72. The highest BCUT2D eigenvalue weighted by molar-refractivity contribution is 6.11. The van der Waals surface area contributed by atoms with Crippen LogP contribution in [0.5, 0.6) is 0 Å². The second-order valence-corrected chi connectivity index (χ2v) is 3.44. The number of ether oxygens (including phenoxy) is 4. The van der Waals surface area contributed by atoms with Gasteiger partial charge in [-0.2, -0.15) is 0 Å². The van der Waals surface area contributed by atoms with Crippen LogP contribution >= 0.6 is 0 Å². The lowest BCUT2D eigenvalue weighted by atomic mass is 9.93. The largest absolute Gasteiger partial charge is 0.382 e. The quantitative estimate of drug-likeness (QED) is 0.583. The highest BCUT2D eigenvalue weighted by Gasteiger charge is 2.35. The van der Waals surface area contributed by atoms with E-state index in [0.717, 1.165) is 0 Å². The topological polar surface area (TPSA) is 36.9 Å². The first-order valence-electron chi connectivity index (χ1n) is 4.73. The van der Waals surface area contributed by atoms with E-state index in [4.69, 9.17) is 26.8 Å². The number of rotatable bonds is 5. The molecule has 1 heterocycles. The molecule has 1 fully saturated rings. The van der Waals surface area contributed by atoms with Crippen molar-refractivity contribution in [2.24, 2.45) is 0 Å². The van der Waals surface area contributed by atoms with Crippen LogP contribution in [0.1, 0.15) is 6.92 Å². The Morgan fingerprint density at radius 1 is 1.50 bits per heavy atom. The van der Waals surface area contributed by atoms with Gasteiger partial charge in [-0.15, -0.1) is 0 Å². The summed E-state index contributed by atoms with van der Waals surface area (Å²) in [7, 11) is 8.99. The Morgan fingerprint density at radius 2 is 2.21 bits per heavy atom. The van der Waals surface area contributed by atoms with E-state index >= 15 is 0 Å². The molecule has 0 bridgehead atoms. The van der Waals surface area contributed by atoms with Crippen molar-refractivity contribution in [2.45, 2.75) is 31.2 Å². The Kier molecular flexibility index (Phi) is 4.88. The minimum Gasteiger partial charge on any atom is -0.382 e. The summed E-state index contributed by atoms with van der Waals surface area (Å²) in [6.07, 6.45) is -0.287. The second-order valence-electron chi connectivity index (χ2n) is 3.44. The van der Waals surface area contributed by atoms with Gasteiger partial charge in [-0.1, -0.05) is 0 Å². The van der Waals surface area contributed by atoms with Gasteiger partial charge in [0.2, 0.25) is 0 Å². The predicted octanol–water partition coefficient (Wildman–Crippen LogP) is -0.0537. The zero-order valence-corrected chi connectivity index (χ0v) is 8.93. The van der Waals surface area contributed by atoms with E-state index in [1.807, 2.05) is 6.92 Å². The van der Waals surface area contributed by atoms with Crippen LogP contribution in [0.25, 0.3) is 0 Å². The average Bonchev–Trinajstić information content (AvgIpc) is 2.48. The Morgan fingerprint density at radius 3 is 2.79 bits per heavy atom. The van der Waals surface area contributed by atoms with E-state index in [0.29, 0.717) is 13.2 Å². The molecular formula is C9H17BO4. The van der Waals surface area contributed by atoms with E-state index in [9.17, 15) is 0 Å². The molecule has 1 aliphatic heterocycles. The summed E-state index contributed by atoms with van der Waals surface area (Å²) in [6.45, 7) is 2.96. The number of methoxy groups -OCH3 is 2. The Balaban J connectivity index is 2.40. The molecule has 0 aromatic rings. The molecule has 4 atom stereocenters. The summed E-state index contributed by atoms with van der Waals surface area (Å²) >= 11 is 0. The summed E-state index contributed by atoms with van der Waals surface area (Å²) in [5.41, 5.74) is 0. The third kappa shape index (κ3) is 2.95. The lowest BCUT2D eigenvalue weighted by molar-refractivity contribution is -0.0860. The smallest absolute Gasteiger partial charge is 0.112 e. The molecule has 0 amide bonds. The van der Waals surface area contributed by atoms with Gasteiger partial charge in [0.1, 0.15) is 20.1 Å². The Bertz CT molecular complexity index is 167. The molecule has 0 spiro atoms. The molecule has 0 aliphatic carbocycles. The molecule has 4 nitrogen and oxygen atoms in total. The molecule has 80 valence electrons. The lowest BCUT2D eigenvalue weighted by Gasteiger charge is -2.24. The van der Waals surface area contributed by atoms with Crippen molar-refractivity contribution in [1.29, 1.82) is 0 Å². The summed E-state index contributed by atoms with van der Waals surface area (Å²) in [4.78, 5) is 0. The van der Waals surface area contributed by atoms with Gasteiger partial charge >= 0.3 is 0 Å². The molecule has 0 N–H and O–H groups in total. The standard InChI is InChI=1S/C9H17BO4/c1-6(4-11-2)14-8-7(12-3)5-13-9(8)10/h6-9H,4-5H2,1-3H3/t6?,7-,8?,9+/m0/s1. The SMILES string of the molecule is [B][C@@H]1OC[C@H](OC)C1OC(C)COC. The van der Waals surface area contributed by atoms with Crippen molar-refractivity contribution in [3.05, 3.63) is 0 Å². The molecule has 1 aliphatic rings. The van der Waals surface area contributed by atoms with Crippen LogP contribution in [0.15, 0.2) is 0 Å². The molecule has 1 rings (SSSR count). The van der Waals surface area contributed by atoms with Crippen LogP contribution in [-0.4, -0.2) is 59.6 Å². The van der Waals surface area contributed by atoms with Crippen molar-refractivity contribution in [2.75, 3.05) is 27.4 Å². The van der Waals surface area contributed by atoms with Crippen molar-refractivity contribution in [3.63, 3.8) is 0 Å². The highest BCUT2D eigenvalue weighted by Crippen LogP contribution is 2.19. The summed E-state index contributed by atoms with van der Waals surface area (Å²) in [5, 5.41) is 0.